The number of halogens is 1. The third-order valence-corrected chi connectivity index (χ3v) is 5.45. The van der Waals surface area contributed by atoms with Gasteiger partial charge in [0.25, 0.3) is 0 Å². The zero-order chi connectivity index (χ0) is 15.8. The molecule has 0 aromatic heterocycles. The van der Waals surface area contributed by atoms with Gasteiger partial charge in [0.1, 0.15) is 28.4 Å². The number of fused-ring (bicyclic) bond motifs is 1. The normalized spacial score (nSPS) is 19.6. The Balaban J connectivity index is 2.60. The molecule has 21 heavy (non-hydrogen) atoms. The molecule has 6 heteroatoms. The van der Waals surface area contributed by atoms with Crippen LogP contribution in [0, 0.1) is 0 Å². The van der Waals surface area contributed by atoms with E-state index in [1.807, 2.05) is 13.8 Å². The van der Waals surface area contributed by atoms with Crippen molar-refractivity contribution in [2.24, 2.45) is 0 Å². The molecule has 1 aromatic carbocycles. The van der Waals surface area contributed by atoms with Gasteiger partial charge in [-0.15, -0.1) is 0 Å². The highest BCUT2D eigenvalue weighted by atomic mass is 127. The number of carbonyl (C=O) groups is 1. The second-order valence-electron chi connectivity index (χ2n) is 5.56. The summed E-state index contributed by atoms with van der Waals surface area (Å²) in [5.74, 6) is 0.554. The summed E-state index contributed by atoms with van der Waals surface area (Å²) in [5.41, 5.74) is 0.587. The van der Waals surface area contributed by atoms with E-state index in [9.17, 15) is 9.90 Å². The zero-order valence-corrected chi connectivity index (χ0v) is 14.7. The average Bonchev–Trinajstić information content (AvgIpc) is 2.37. The van der Waals surface area contributed by atoms with Gasteiger partial charge in [-0.1, -0.05) is 22.6 Å². The minimum Gasteiger partial charge on any atom is -0.507 e. The standard InChI is InChI=1S/C15H19IO5/c1-8(17)13-10(18)6-11(20-7-19-4)9-5-12(16)15(2,3)21-14(9)13/h6,12,18H,5,7H2,1-4H3. The summed E-state index contributed by atoms with van der Waals surface area (Å²) < 4.78 is 16.7. The van der Waals surface area contributed by atoms with Gasteiger partial charge in [0.05, 0.1) is 3.92 Å². The lowest BCUT2D eigenvalue weighted by Gasteiger charge is -2.38. The van der Waals surface area contributed by atoms with Crippen LogP contribution in [-0.2, 0) is 11.2 Å². The highest BCUT2D eigenvalue weighted by Crippen LogP contribution is 2.46. The molecule has 0 fully saturated rings. The number of aromatic hydroxyl groups is 1. The highest BCUT2D eigenvalue weighted by Gasteiger charge is 2.39. The third kappa shape index (κ3) is 3.11. The van der Waals surface area contributed by atoms with Crippen LogP contribution in [0.5, 0.6) is 17.2 Å². The number of benzene rings is 1. The van der Waals surface area contributed by atoms with Gasteiger partial charge in [-0.3, -0.25) is 4.79 Å². The number of methoxy groups -OCH3 is 1. The van der Waals surface area contributed by atoms with Crippen LogP contribution >= 0.6 is 22.6 Å². The summed E-state index contributed by atoms with van der Waals surface area (Å²) >= 11 is 2.33. The summed E-state index contributed by atoms with van der Waals surface area (Å²) in [6.45, 7) is 5.42. The number of ether oxygens (including phenoxy) is 3. The molecule has 1 atom stereocenters. The van der Waals surface area contributed by atoms with E-state index in [1.54, 1.807) is 0 Å². The molecular weight excluding hydrogens is 387 g/mol. The van der Waals surface area contributed by atoms with Crippen molar-refractivity contribution in [1.29, 1.82) is 0 Å². The molecule has 1 aromatic rings. The van der Waals surface area contributed by atoms with Gasteiger partial charge in [-0.05, 0) is 27.2 Å². The van der Waals surface area contributed by atoms with E-state index in [4.69, 9.17) is 14.2 Å². The van der Waals surface area contributed by atoms with E-state index in [-0.39, 0.29) is 27.8 Å². The molecule has 0 aliphatic carbocycles. The lowest BCUT2D eigenvalue weighted by Crippen LogP contribution is -2.43. The Morgan fingerprint density at radius 2 is 2.24 bits per heavy atom. The van der Waals surface area contributed by atoms with Gasteiger partial charge >= 0.3 is 0 Å². The Bertz CT molecular complexity index is 568. The van der Waals surface area contributed by atoms with Gasteiger partial charge in [-0.2, -0.15) is 0 Å². The topological polar surface area (TPSA) is 65.0 Å². The summed E-state index contributed by atoms with van der Waals surface area (Å²) in [5, 5.41) is 10.1. The number of hydrogen-bond acceptors (Lipinski definition) is 5. The van der Waals surface area contributed by atoms with Gasteiger partial charge < -0.3 is 19.3 Å². The van der Waals surface area contributed by atoms with Crippen LogP contribution in [0.2, 0.25) is 0 Å². The molecule has 0 saturated heterocycles. The van der Waals surface area contributed by atoms with Crippen molar-refractivity contribution in [2.75, 3.05) is 13.9 Å². The minimum absolute atomic E-state index is 0.0700. The Morgan fingerprint density at radius 3 is 2.81 bits per heavy atom. The molecule has 0 saturated carbocycles. The predicted molar refractivity (Wildman–Crippen MR) is 86.8 cm³/mol. The van der Waals surface area contributed by atoms with E-state index >= 15 is 0 Å². The maximum atomic E-state index is 11.8. The van der Waals surface area contributed by atoms with E-state index < -0.39 is 5.60 Å². The fraction of sp³-hybridized carbons (Fsp3) is 0.533. The second kappa shape index (κ2) is 6.00. The van der Waals surface area contributed by atoms with Crippen molar-refractivity contribution in [3.05, 3.63) is 17.2 Å². The summed E-state index contributed by atoms with van der Waals surface area (Å²) in [6.07, 6.45) is 0.697. The van der Waals surface area contributed by atoms with Crippen molar-refractivity contribution in [2.45, 2.75) is 36.7 Å². The van der Waals surface area contributed by atoms with Crippen LogP contribution in [0.4, 0.5) is 0 Å². The zero-order valence-electron chi connectivity index (χ0n) is 12.5. The van der Waals surface area contributed by atoms with E-state index in [2.05, 4.69) is 22.6 Å². The van der Waals surface area contributed by atoms with Crippen LogP contribution in [0.3, 0.4) is 0 Å². The number of Topliss-reactive ketones (excluding diaryl/α,β-unsaturated/α-hetero) is 1. The van der Waals surface area contributed by atoms with Crippen molar-refractivity contribution in [1.82, 2.24) is 0 Å². The number of rotatable bonds is 4. The number of phenolic OH excluding ortho intramolecular Hbond substituents is 1. The lowest BCUT2D eigenvalue weighted by atomic mass is 9.91. The van der Waals surface area contributed by atoms with Crippen molar-refractivity contribution in [3.8, 4) is 17.2 Å². The van der Waals surface area contributed by atoms with Crippen molar-refractivity contribution >= 4 is 28.4 Å². The molecule has 0 amide bonds. The highest BCUT2D eigenvalue weighted by molar-refractivity contribution is 14.1. The summed E-state index contributed by atoms with van der Waals surface area (Å²) in [6, 6.07) is 1.46. The SMILES string of the molecule is COCOc1cc(O)c(C(C)=O)c2c1CC(I)C(C)(C)O2. The molecule has 0 radical (unpaired) electrons. The molecular formula is C15H19IO5. The first kappa shape index (κ1) is 16.4. The van der Waals surface area contributed by atoms with Gasteiger partial charge in [0.2, 0.25) is 0 Å². The molecule has 1 unspecified atom stereocenters. The maximum absolute atomic E-state index is 11.8. The largest absolute Gasteiger partial charge is 0.507 e. The van der Waals surface area contributed by atoms with Crippen LogP contribution in [0.15, 0.2) is 6.07 Å². The van der Waals surface area contributed by atoms with Crippen molar-refractivity contribution < 1.29 is 24.1 Å². The van der Waals surface area contributed by atoms with Crippen molar-refractivity contribution in [3.63, 3.8) is 0 Å². The van der Waals surface area contributed by atoms with Gasteiger partial charge in [0.15, 0.2) is 12.6 Å². The van der Waals surface area contributed by atoms with Crippen LogP contribution in [0.25, 0.3) is 0 Å². The van der Waals surface area contributed by atoms with E-state index in [0.717, 1.165) is 5.56 Å². The Kier molecular flexibility index (Phi) is 4.67. The number of phenols is 1. The second-order valence-corrected chi connectivity index (χ2v) is 7.06. The average molecular weight is 406 g/mol. The van der Waals surface area contributed by atoms with E-state index in [0.29, 0.717) is 17.9 Å². The first-order chi connectivity index (χ1) is 9.77. The molecule has 1 aliphatic rings. The Morgan fingerprint density at radius 1 is 1.57 bits per heavy atom. The fourth-order valence-corrected chi connectivity index (χ4v) is 2.88. The molecule has 0 spiro atoms. The third-order valence-electron chi connectivity index (χ3n) is 3.51. The molecule has 1 N–H and O–H groups in total. The predicted octanol–water partition coefficient (Wildman–Crippen LogP) is 3.09. The van der Waals surface area contributed by atoms with Crippen LogP contribution < -0.4 is 9.47 Å². The first-order valence-corrected chi connectivity index (χ1v) is 7.87. The smallest absolute Gasteiger partial charge is 0.188 e. The molecule has 1 aliphatic heterocycles. The Labute approximate surface area is 137 Å². The molecule has 5 nitrogen and oxygen atoms in total. The maximum Gasteiger partial charge on any atom is 0.188 e. The van der Waals surface area contributed by atoms with Gasteiger partial charge in [-0.25, -0.2) is 0 Å². The molecule has 116 valence electrons. The number of ketones is 1. The number of hydrogen-bond donors (Lipinski definition) is 1. The molecule has 0 bridgehead atoms. The van der Waals surface area contributed by atoms with E-state index in [1.165, 1.54) is 20.1 Å². The molecule has 1 heterocycles. The number of carbonyl (C=O) groups excluding carboxylic acids is 1. The fourth-order valence-electron chi connectivity index (χ4n) is 2.31. The van der Waals surface area contributed by atoms with Crippen LogP contribution in [0.1, 0.15) is 36.7 Å². The summed E-state index contributed by atoms with van der Waals surface area (Å²) in [7, 11) is 1.52. The monoisotopic (exact) mass is 406 g/mol. The van der Waals surface area contributed by atoms with Gasteiger partial charge in [0, 0.05) is 18.7 Å². The Hall–Kier alpha value is -1.02. The quantitative estimate of drug-likeness (QED) is 0.360. The lowest BCUT2D eigenvalue weighted by molar-refractivity contribution is 0.0472. The van der Waals surface area contributed by atoms with Crippen LogP contribution in [-0.4, -0.2) is 34.3 Å². The summed E-state index contributed by atoms with van der Waals surface area (Å²) in [4.78, 5) is 11.8. The number of alkyl halides is 1. The first-order valence-electron chi connectivity index (χ1n) is 6.62. The molecule has 2 rings (SSSR count). The minimum atomic E-state index is -0.427.